The van der Waals surface area contributed by atoms with E-state index >= 15 is 0 Å². The van der Waals surface area contributed by atoms with Crippen molar-refractivity contribution in [2.75, 3.05) is 26.2 Å². The molecule has 0 saturated carbocycles. The molecule has 0 aliphatic rings. The van der Waals surface area contributed by atoms with Crippen molar-refractivity contribution >= 4 is 24.2 Å². The average Bonchev–Trinajstić information content (AvgIpc) is 2.50. The highest BCUT2D eigenvalue weighted by Gasteiger charge is 2.02. The number of ether oxygens (including phenoxy) is 1. The standard InChI is InChI=1S/C15H23N3O3.ClH/c1-12-4-6-13(7-5-12)21-9-3-2-8-17-15(20)11-18-14(19)10-16;/h4-7H,2-3,8-11,16H2,1H3,(H,17,20)(H,18,19);1H. The lowest BCUT2D eigenvalue weighted by atomic mass is 10.2. The zero-order valence-corrected chi connectivity index (χ0v) is 13.6. The Bertz CT molecular complexity index is 452. The Hall–Kier alpha value is -1.79. The topological polar surface area (TPSA) is 93.5 Å². The van der Waals surface area contributed by atoms with Gasteiger partial charge in [0.15, 0.2) is 0 Å². The van der Waals surface area contributed by atoms with Crippen molar-refractivity contribution in [3.05, 3.63) is 29.8 Å². The number of unbranched alkanes of at least 4 members (excludes halogenated alkanes) is 1. The summed E-state index contributed by atoms with van der Waals surface area (Å²) < 4.78 is 5.58. The minimum Gasteiger partial charge on any atom is -0.494 e. The normalized spacial score (nSPS) is 9.55. The van der Waals surface area contributed by atoms with Gasteiger partial charge in [0.25, 0.3) is 0 Å². The number of rotatable bonds is 9. The van der Waals surface area contributed by atoms with Gasteiger partial charge in [-0.15, -0.1) is 12.4 Å². The summed E-state index contributed by atoms with van der Waals surface area (Å²) in [4.78, 5) is 22.2. The Morgan fingerprint density at radius 3 is 2.41 bits per heavy atom. The summed E-state index contributed by atoms with van der Waals surface area (Å²) in [5.41, 5.74) is 6.31. The number of carbonyl (C=O) groups excluding carboxylic acids is 2. The second-order valence-corrected chi connectivity index (χ2v) is 4.70. The molecule has 1 aromatic rings. The van der Waals surface area contributed by atoms with Crippen LogP contribution >= 0.6 is 12.4 Å². The number of nitrogens with two attached hydrogens (primary N) is 1. The molecule has 6 nitrogen and oxygen atoms in total. The highest BCUT2D eigenvalue weighted by atomic mass is 35.5. The van der Waals surface area contributed by atoms with Gasteiger partial charge >= 0.3 is 0 Å². The van der Waals surface area contributed by atoms with Crippen molar-refractivity contribution in [2.45, 2.75) is 19.8 Å². The minimum absolute atomic E-state index is 0. The van der Waals surface area contributed by atoms with E-state index in [0.29, 0.717) is 13.2 Å². The molecule has 0 aliphatic carbocycles. The van der Waals surface area contributed by atoms with Gasteiger partial charge in [0.1, 0.15) is 5.75 Å². The van der Waals surface area contributed by atoms with Gasteiger partial charge in [-0.25, -0.2) is 0 Å². The molecular formula is C15H24ClN3O3. The third kappa shape index (κ3) is 9.20. The van der Waals surface area contributed by atoms with Crippen LogP contribution in [0.25, 0.3) is 0 Å². The molecule has 1 aromatic carbocycles. The molecule has 0 heterocycles. The van der Waals surface area contributed by atoms with E-state index in [1.165, 1.54) is 5.56 Å². The molecule has 0 bridgehead atoms. The maximum atomic E-state index is 11.4. The summed E-state index contributed by atoms with van der Waals surface area (Å²) in [5, 5.41) is 5.13. The summed E-state index contributed by atoms with van der Waals surface area (Å²) in [7, 11) is 0. The van der Waals surface area contributed by atoms with Crippen LogP contribution in [0.1, 0.15) is 18.4 Å². The Labute approximate surface area is 137 Å². The van der Waals surface area contributed by atoms with Crippen molar-refractivity contribution < 1.29 is 14.3 Å². The third-order valence-electron chi connectivity index (χ3n) is 2.81. The molecule has 22 heavy (non-hydrogen) atoms. The van der Waals surface area contributed by atoms with Gasteiger partial charge in [-0.2, -0.15) is 0 Å². The third-order valence-corrected chi connectivity index (χ3v) is 2.81. The highest BCUT2D eigenvalue weighted by Crippen LogP contribution is 2.11. The largest absolute Gasteiger partial charge is 0.494 e. The van der Waals surface area contributed by atoms with Crippen molar-refractivity contribution in [1.29, 1.82) is 0 Å². The molecule has 1 rings (SSSR count). The second-order valence-electron chi connectivity index (χ2n) is 4.70. The molecule has 124 valence electrons. The van der Waals surface area contributed by atoms with Gasteiger partial charge in [-0.3, -0.25) is 9.59 Å². The van der Waals surface area contributed by atoms with Gasteiger partial charge in [-0.05, 0) is 31.9 Å². The summed E-state index contributed by atoms with van der Waals surface area (Å²) >= 11 is 0. The maximum Gasteiger partial charge on any atom is 0.239 e. The molecule has 0 spiro atoms. The molecule has 0 radical (unpaired) electrons. The predicted octanol–water partition coefficient (Wildman–Crippen LogP) is 0.767. The molecule has 0 saturated heterocycles. The van der Waals surface area contributed by atoms with Crippen LogP contribution in [0.5, 0.6) is 5.75 Å². The van der Waals surface area contributed by atoms with Gasteiger partial charge in [0, 0.05) is 6.54 Å². The van der Waals surface area contributed by atoms with Crippen LogP contribution in [0.4, 0.5) is 0 Å². The number of aryl methyl sites for hydroxylation is 1. The molecule has 4 N–H and O–H groups in total. The summed E-state index contributed by atoms with van der Waals surface area (Å²) in [6, 6.07) is 7.89. The zero-order chi connectivity index (χ0) is 15.5. The fourth-order valence-electron chi connectivity index (χ4n) is 1.59. The van der Waals surface area contributed by atoms with Gasteiger partial charge in [0.05, 0.1) is 19.7 Å². The van der Waals surface area contributed by atoms with Crippen LogP contribution in [0.15, 0.2) is 24.3 Å². The molecule has 0 atom stereocenters. The summed E-state index contributed by atoms with van der Waals surface area (Å²) in [6.45, 7) is 3.07. The SMILES string of the molecule is Cc1ccc(OCCCCNC(=O)CNC(=O)CN)cc1.Cl. The average molecular weight is 330 g/mol. The van der Waals surface area contributed by atoms with Gasteiger partial charge in [-0.1, -0.05) is 17.7 Å². The van der Waals surface area contributed by atoms with Crippen LogP contribution in [0.3, 0.4) is 0 Å². The fourth-order valence-corrected chi connectivity index (χ4v) is 1.59. The molecule has 0 aliphatic heterocycles. The van der Waals surface area contributed by atoms with E-state index < -0.39 is 0 Å². The van der Waals surface area contributed by atoms with E-state index in [4.69, 9.17) is 10.5 Å². The van der Waals surface area contributed by atoms with Crippen LogP contribution in [-0.4, -0.2) is 38.1 Å². The number of amides is 2. The van der Waals surface area contributed by atoms with Gasteiger partial charge < -0.3 is 21.1 Å². The maximum absolute atomic E-state index is 11.4. The first kappa shape index (κ1) is 20.2. The first-order valence-corrected chi connectivity index (χ1v) is 7.04. The van der Waals surface area contributed by atoms with E-state index in [9.17, 15) is 9.59 Å². The van der Waals surface area contributed by atoms with Crippen molar-refractivity contribution in [1.82, 2.24) is 10.6 Å². The summed E-state index contributed by atoms with van der Waals surface area (Å²) in [5.74, 6) is 0.307. The predicted molar refractivity (Wildman–Crippen MR) is 88.2 cm³/mol. The molecule has 0 aromatic heterocycles. The zero-order valence-electron chi connectivity index (χ0n) is 12.8. The van der Waals surface area contributed by atoms with Gasteiger partial charge in [0.2, 0.25) is 11.8 Å². The minimum atomic E-state index is -0.336. The molecular weight excluding hydrogens is 306 g/mol. The van der Waals surface area contributed by atoms with Crippen molar-refractivity contribution in [2.24, 2.45) is 5.73 Å². The van der Waals surface area contributed by atoms with Crippen LogP contribution in [0, 0.1) is 6.92 Å². The highest BCUT2D eigenvalue weighted by molar-refractivity contribution is 5.85. The van der Waals surface area contributed by atoms with Crippen LogP contribution in [0.2, 0.25) is 0 Å². The lowest BCUT2D eigenvalue weighted by molar-refractivity contribution is -0.125. The molecule has 0 fully saturated rings. The lowest BCUT2D eigenvalue weighted by Gasteiger charge is -2.08. The fraction of sp³-hybridized carbons (Fsp3) is 0.467. The molecule has 7 heteroatoms. The smallest absolute Gasteiger partial charge is 0.239 e. The molecule has 2 amide bonds. The van der Waals surface area contributed by atoms with E-state index in [0.717, 1.165) is 18.6 Å². The second kappa shape index (κ2) is 11.8. The van der Waals surface area contributed by atoms with Crippen molar-refractivity contribution in [3.63, 3.8) is 0 Å². The Balaban J connectivity index is 0.00000441. The van der Waals surface area contributed by atoms with E-state index in [1.54, 1.807) is 0 Å². The first-order valence-electron chi connectivity index (χ1n) is 7.04. The monoisotopic (exact) mass is 329 g/mol. The Morgan fingerprint density at radius 2 is 1.77 bits per heavy atom. The van der Waals surface area contributed by atoms with Crippen LogP contribution in [-0.2, 0) is 9.59 Å². The number of hydrogen-bond donors (Lipinski definition) is 3. The Kier molecular flexibility index (Phi) is 10.9. The number of carbonyl (C=O) groups is 2. The van der Waals surface area contributed by atoms with E-state index in [1.807, 2.05) is 31.2 Å². The first-order chi connectivity index (χ1) is 10.1. The number of nitrogens with one attached hydrogen (secondary N) is 2. The number of halogens is 1. The number of benzene rings is 1. The Morgan fingerprint density at radius 1 is 1.09 bits per heavy atom. The van der Waals surface area contributed by atoms with Crippen LogP contribution < -0.4 is 21.1 Å². The lowest BCUT2D eigenvalue weighted by Crippen LogP contribution is -2.39. The quantitative estimate of drug-likeness (QED) is 0.583. The summed E-state index contributed by atoms with van der Waals surface area (Å²) in [6.07, 6.45) is 1.67. The van der Waals surface area contributed by atoms with E-state index in [-0.39, 0.29) is 37.3 Å². The number of hydrogen-bond acceptors (Lipinski definition) is 4. The molecule has 0 unspecified atom stereocenters. The van der Waals surface area contributed by atoms with E-state index in [2.05, 4.69) is 10.6 Å². The van der Waals surface area contributed by atoms with Crippen molar-refractivity contribution in [3.8, 4) is 5.75 Å².